The van der Waals surface area contributed by atoms with Gasteiger partial charge in [0, 0.05) is 54.8 Å². The van der Waals surface area contributed by atoms with Crippen LogP contribution in [0, 0.1) is 6.92 Å². The summed E-state index contributed by atoms with van der Waals surface area (Å²) in [6.07, 6.45) is 1.75. The fourth-order valence-corrected chi connectivity index (χ4v) is 7.11. The number of H-pyrrole nitrogens is 1. The van der Waals surface area contributed by atoms with Crippen LogP contribution in [0.2, 0.25) is 0 Å². The number of aryl methyl sites for hydroxylation is 1. The molecule has 0 atom stereocenters. The zero-order valence-electron chi connectivity index (χ0n) is 26.4. The summed E-state index contributed by atoms with van der Waals surface area (Å²) in [4.78, 5) is 41.9. The number of hydrogen-bond donors (Lipinski definition) is 1. The van der Waals surface area contributed by atoms with Crippen LogP contribution in [0.1, 0.15) is 79.5 Å². The Labute approximate surface area is 277 Å². The summed E-state index contributed by atoms with van der Waals surface area (Å²) < 4.78 is 92.8. The molecule has 1 N–H and O–H groups in total. The normalized spacial score (nSPS) is 14.9. The largest absolute Gasteiger partial charge is 0.416 e. The van der Waals surface area contributed by atoms with Crippen LogP contribution >= 0.6 is 0 Å². The van der Waals surface area contributed by atoms with Crippen LogP contribution < -0.4 is 5.56 Å². The molecule has 2 aliphatic rings. The Hall–Kier alpha value is -4.84. The average Bonchev–Trinajstić information content (AvgIpc) is 3.36. The number of aromatic nitrogens is 3. The Morgan fingerprint density at radius 3 is 2.10 bits per heavy atom. The molecule has 2 aromatic heterocycles. The number of rotatable bonds is 8. The molecule has 0 amide bonds. The number of carbonyl (C=O) groups excluding carboxylic acids is 2. The van der Waals surface area contributed by atoms with Crippen LogP contribution in [-0.4, -0.2) is 68.2 Å². The average molecular weight is 723 g/mol. The Balaban J connectivity index is 0.000000191. The first kappa shape index (κ1) is 35.5. The van der Waals surface area contributed by atoms with Gasteiger partial charge in [0.1, 0.15) is 12.2 Å². The third kappa shape index (κ3) is 7.29. The van der Waals surface area contributed by atoms with E-state index < -0.39 is 53.4 Å². The Morgan fingerprint density at radius 1 is 0.939 bits per heavy atom. The number of nitrogens with zero attached hydrogens (tertiary/aromatic N) is 3. The maximum Gasteiger partial charge on any atom is 0.416 e. The van der Waals surface area contributed by atoms with Crippen LogP contribution in [0.3, 0.4) is 0 Å². The summed E-state index contributed by atoms with van der Waals surface area (Å²) >= 11 is 0. The molecule has 18 heteroatoms. The van der Waals surface area contributed by atoms with Crippen molar-refractivity contribution < 1.29 is 49.0 Å². The van der Waals surface area contributed by atoms with Crippen molar-refractivity contribution >= 4 is 37.0 Å². The lowest BCUT2D eigenvalue weighted by molar-refractivity contribution is -0.137. The third-order valence-electron chi connectivity index (χ3n) is 7.89. The number of oxime groups is 1. The quantitative estimate of drug-likeness (QED) is 0.261. The Bertz CT molecular complexity index is 2300. The number of sulfone groups is 2. The predicted molar refractivity (Wildman–Crippen MR) is 167 cm³/mol. The molecule has 1 aliphatic carbocycles. The molecule has 49 heavy (non-hydrogen) atoms. The van der Waals surface area contributed by atoms with Crippen molar-refractivity contribution in [3.05, 3.63) is 97.8 Å². The van der Waals surface area contributed by atoms with Crippen molar-refractivity contribution in [2.75, 3.05) is 19.1 Å². The fourth-order valence-electron chi connectivity index (χ4n) is 5.25. The number of aromatic amines is 1. The van der Waals surface area contributed by atoms with E-state index in [1.807, 2.05) is 0 Å². The van der Waals surface area contributed by atoms with Crippen molar-refractivity contribution in [1.82, 2.24) is 14.9 Å². The Morgan fingerprint density at radius 2 is 1.57 bits per heavy atom. The molecule has 2 aromatic carbocycles. The number of hydrogen-bond acceptors (Lipinski definition) is 11. The van der Waals surface area contributed by atoms with Gasteiger partial charge < -0.3 is 14.5 Å². The lowest BCUT2D eigenvalue weighted by Crippen LogP contribution is -2.21. The Kier molecular flexibility index (Phi) is 9.33. The van der Waals surface area contributed by atoms with E-state index in [1.54, 1.807) is 6.92 Å². The number of nitrogens with one attached hydrogen (secondary N) is 1. The van der Waals surface area contributed by atoms with Crippen molar-refractivity contribution in [3.8, 4) is 0 Å². The summed E-state index contributed by atoms with van der Waals surface area (Å²) in [6.45, 7) is 2.00. The maximum atomic E-state index is 12.8. The fraction of sp³-hybridized carbons (Fsp3) is 0.323. The molecule has 0 unspecified atom stereocenters. The van der Waals surface area contributed by atoms with Crippen LogP contribution in [0.5, 0.6) is 0 Å². The zero-order valence-corrected chi connectivity index (χ0v) is 28.0. The van der Waals surface area contributed by atoms with E-state index in [1.165, 1.54) is 36.3 Å². The second-order valence-electron chi connectivity index (χ2n) is 11.6. The molecular formula is C31H29F3N4O9S2. The monoisotopic (exact) mass is 722 g/mol. The van der Waals surface area contributed by atoms with Crippen molar-refractivity contribution in [1.29, 1.82) is 0 Å². The van der Waals surface area contributed by atoms with Crippen molar-refractivity contribution in [2.24, 2.45) is 12.2 Å². The van der Waals surface area contributed by atoms with Gasteiger partial charge >= 0.3 is 6.18 Å². The van der Waals surface area contributed by atoms with E-state index in [0.29, 0.717) is 47.8 Å². The van der Waals surface area contributed by atoms with Crippen LogP contribution in [0.15, 0.2) is 67.0 Å². The third-order valence-corrected chi connectivity index (χ3v) is 10.2. The minimum atomic E-state index is -4.71. The number of benzene rings is 2. The van der Waals surface area contributed by atoms with Crippen LogP contribution in [0.4, 0.5) is 13.2 Å². The molecule has 4 aromatic rings. The van der Waals surface area contributed by atoms with E-state index in [2.05, 4.69) is 15.4 Å². The maximum absolute atomic E-state index is 12.8. The smallest absolute Gasteiger partial charge is 0.395 e. The van der Waals surface area contributed by atoms with E-state index in [0.717, 1.165) is 31.4 Å². The molecule has 1 fully saturated rings. The van der Waals surface area contributed by atoms with Gasteiger partial charge in [-0.05, 0) is 55.7 Å². The SMILES string of the molecule is CS(=O)(=O)c1cc(C(F)(F)F)ccc1C(=O)c1cnoc1C1CC1.Cc1c(C(=O)c2c[nH]n(C)c2=O)ccc(S(C)(=O)=O)c1C1=NOCC1. The predicted octanol–water partition coefficient (Wildman–Crippen LogP) is 3.99. The highest BCUT2D eigenvalue weighted by atomic mass is 32.2. The topological polar surface area (TPSA) is 188 Å². The number of alkyl halides is 3. The highest BCUT2D eigenvalue weighted by Crippen LogP contribution is 2.42. The lowest BCUT2D eigenvalue weighted by Gasteiger charge is -2.13. The number of halogens is 3. The van der Waals surface area contributed by atoms with Gasteiger partial charge in [-0.1, -0.05) is 10.3 Å². The van der Waals surface area contributed by atoms with E-state index in [9.17, 15) is 44.4 Å². The molecule has 260 valence electrons. The highest BCUT2D eigenvalue weighted by Gasteiger charge is 2.36. The first-order valence-electron chi connectivity index (χ1n) is 14.5. The standard InChI is InChI=1S/C16H17N3O5S.C15H12F3NO4S/c1-9-10(15(20)11-8-17-19(2)16(11)21)4-5-13(25(3,22)23)14(9)12-6-7-24-18-12;1-24(21,22)12-6-9(15(16,17)18)4-5-10(12)13(20)11-7-19-23-14(11)8-2-3-8/h4-5,8,17H,6-7H2,1-3H3;4-8H,2-3H2,1H3. The van der Waals surface area contributed by atoms with Gasteiger partial charge in [0.05, 0.1) is 32.8 Å². The van der Waals surface area contributed by atoms with Crippen LogP contribution in [-0.2, 0) is 37.7 Å². The van der Waals surface area contributed by atoms with E-state index >= 15 is 0 Å². The first-order chi connectivity index (χ1) is 22.8. The molecule has 0 bridgehead atoms. The van der Waals surface area contributed by atoms with Gasteiger partial charge in [0.2, 0.25) is 0 Å². The summed E-state index contributed by atoms with van der Waals surface area (Å²) in [5.41, 5.74) is -0.250. The number of carbonyl (C=O) groups is 2. The van der Waals surface area contributed by atoms with Gasteiger partial charge in [0.15, 0.2) is 37.0 Å². The molecule has 3 heterocycles. The molecule has 6 rings (SSSR count). The lowest BCUT2D eigenvalue weighted by atomic mass is 9.93. The van der Waals surface area contributed by atoms with Crippen molar-refractivity contribution in [2.45, 2.75) is 48.1 Å². The number of ketones is 2. The molecule has 0 radical (unpaired) electrons. The molecular weight excluding hydrogens is 693 g/mol. The van der Waals surface area contributed by atoms with E-state index in [-0.39, 0.29) is 33.1 Å². The minimum absolute atomic E-state index is 0.00623. The summed E-state index contributed by atoms with van der Waals surface area (Å²) in [7, 11) is -6.06. The molecule has 1 aliphatic heterocycles. The summed E-state index contributed by atoms with van der Waals surface area (Å²) in [5, 5.41) is 10.1. The minimum Gasteiger partial charge on any atom is -0.395 e. The van der Waals surface area contributed by atoms with Gasteiger partial charge in [-0.3, -0.25) is 19.1 Å². The molecule has 13 nitrogen and oxygen atoms in total. The van der Waals surface area contributed by atoms with Crippen molar-refractivity contribution in [3.63, 3.8) is 0 Å². The van der Waals surface area contributed by atoms with Gasteiger partial charge in [-0.15, -0.1) is 0 Å². The molecule has 1 saturated carbocycles. The van der Waals surface area contributed by atoms with Gasteiger partial charge in [-0.25, -0.2) is 16.8 Å². The van der Waals surface area contributed by atoms with E-state index in [4.69, 9.17) is 9.36 Å². The second-order valence-corrected chi connectivity index (χ2v) is 15.5. The van der Waals surface area contributed by atoms with Gasteiger partial charge in [0.25, 0.3) is 5.56 Å². The molecule has 0 spiro atoms. The summed E-state index contributed by atoms with van der Waals surface area (Å²) in [5.74, 6) is -0.797. The van der Waals surface area contributed by atoms with Gasteiger partial charge in [-0.2, -0.15) is 13.2 Å². The van der Waals surface area contributed by atoms with Crippen LogP contribution in [0.25, 0.3) is 0 Å². The first-order valence-corrected chi connectivity index (χ1v) is 18.3. The summed E-state index contributed by atoms with van der Waals surface area (Å²) in [6, 6.07) is 4.85. The molecule has 0 saturated heterocycles. The zero-order chi connectivity index (χ0) is 36.1. The highest BCUT2D eigenvalue weighted by molar-refractivity contribution is 7.91. The second kappa shape index (κ2) is 12.9.